The van der Waals surface area contributed by atoms with Gasteiger partial charge < -0.3 is 0 Å². The van der Waals surface area contributed by atoms with E-state index in [2.05, 4.69) is 0 Å². The first kappa shape index (κ1) is 9.90. The van der Waals surface area contributed by atoms with Crippen molar-refractivity contribution in [2.45, 2.75) is 34.1 Å². The molecule has 0 heterocycles. The minimum atomic E-state index is 0.0222. The van der Waals surface area contributed by atoms with Crippen LogP contribution in [0.3, 0.4) is 0 Å². The highest BCUT2D eigenvalue weighted by Gasteiger charge is 2.26. The third-order valence-corrected chi connectivity index (χ3v) is 2.66. The Morgan fingerprint density at radius 1 is 0.846 bits per heavy atom. The van der Waals surface area contributed by atoms with Gasteiger partial charge >= 0.3 is 0 Å². The highest BCUT2D eigenvalue weighted by atomic mass is 16.1. The molecule has 0 saturated heterocycles. The Morgan fingerprint density at radius 2 is 1.31 bits per heavy atom. The summed E-state index contributed by atoms with van der Waals surface area (Å²) in [6, 6.07) is 0. The van der Waals surface area contributed by atoms with E-state index >= 15 is 0 Å². The fourth-order valence-corrected chi connectivity index (χ4v) is 1.58. The van der Waals surface area contributed by atoms with Crippen LogP contribution in [-0.2, 0) is 9.59 Å². The van der Waals surface area contributed by atoms with E-state index in [4.69, 9.17) is 0 Å². The summed E-state index contributed by atoms with van der Waals surface area (Å²) in [6.07, 6.45) is 0.640. The van der Waals surface area contributed by atoms with Crippen LogP contribution >= 0.6 is 0 Å². The summed E-state index contributed by atoms with van der Waals surface area (Å²) in [5, 5.41) is 0. The maximum atomic E-state index is 11.7. The molecule has 0 amide bonds. The van der Waals surface area contributed by atoms with Gasteiger partial charge in [0.1, 0.15) is 0 Å². The second-order valence-electron chi connectivity index (χ2n) is 3.37. The van der Waals surface area contributed by atoms with E-state index < -0.39 is 0 Å². The second-order valence-corrected chi connectivity index (χ2v) is 3.37. The van der Waals surface area contributed by atoms with Crippen molar-refractivity contribution in [1.82, 2.24) is 0 Å². The van der Waals surface area contributed by atoms with Gasteiger partial charge in [0.05, 0.1) is 0 Å². The van der Waals surface area contributed by atoms with Crippen LogP contribution in [0.25, 0.3) is 0 Å². The SMILES string of the molecule is CCC1=C(C)C(=O)C(C)=C(C)C1=O. The van der Waals surface area contributed by atoms with Gasteiger partial charge in [-0.05, 0) is 27.2 Å². The van der Waals surface area contributed by atoms with Gasteiger partial charge in [-0.2, -0.15) is 0 Å². The van der Waals surface area contributed by atoms with E-state index in [1.807, 2.05) is 6.92 Å². The number of Topliss-reactive ketones (excluding diaryl/α,β-unsaturated/α-hetero) is 2. The zero-order chi connectivity index (χ0) is 10.2. The number of rotatable bonds is 1. The molecule has 0 N–H and O–H groups in total. The van der Waals surface area contributed by atoms with Gasteiger partial charge in [0, 0.05) is 22.3 Å². The normalized spacial score (nSPS) is 18.8. The molecule has 0 spiro atoms. The molecule has 0 aromatic carbocycles. The molecule has 1 aliphatic carbocycles. The van der Waals surface area contributed by atoms with Crippen LogP contribution in [0.2, 0.25) is 0 Å². The molecule has 2 heteroatoms. The maximum absolute atomic E-state index is 11.7. The summed E-state index contributed by atoms with van der Waals surface area (Å²) in [6.45, 7) is 7.07. The Labute approximate surface area is 78.3 Å². The van der Waals surface area contributed by atoms with Crippen molar-refractivity contribution in [1.29, 1.82) is 0 Å². The molecule has 0 fully saturated rings. The van der Waals surface area contributed by atoms with E-state index in [1.54, 1.807) is 20.8 Å². The lowest BCUT2D eigenvalue weighted by molar-refractivity contribution is -0.116. The first-order valence-corrected chi connectivity index (χ1v) is 4.47. The number of hydrogen-bond donors (Lipinski definition) is 0. The molecule has 0 bridgehead atoms. The van der Waals surface area contributed by atoms with Gasteiger partial charge in [-0.3, -0.25) is 9.59 Å². The molecular weight excluding hydrogens is 164 g/mol. The monoisotopic (exact) mass is 178 g/mol. The van der Waals surface area contributed by atoms with E-state index in [1.165, 1.54) is 0 Å². The van der Waals surface area contributed by atoms with Crippen LogP contribution in [0.5, 0.6) is 0 Å². The third-order valence-electron chi connectivity index (χ3n) is 2.66. The molecule has 0 unspecified atom stereocenters. The van der Waals surface area contributed by atoms with Crippen LogP contribution < -0.4 is 0 Å². The van der Waals surface area contributed by atoms with E-state index in [0.29, 0.717) is 28.7 Å². The summed E-state index contributed by atoms with van der Waals surface area (Å²) >= 11 is 0. The molecule has 70 valence electrons. The fraction of sp³-hybridized carbons (Fsp3) is 0.455. The fourth-order valence-electron chi connectivity index (χ4n) is 1.58. The zero-order valence-electron chi connectivity index (χ0n) is 8.52. The van der Waals surface area contributed by atoms with E-state index in [0.717, 1.165) is 0 Å². The number of ketones is 2. The molecule has 2 nitrogen and oxygen atoms in total. The van der Waals surface area contributed by atoms with Crippen LogP contribution in [-0.4, -0.2) is 11.6 Å². The Bertz CT molecular complexity index is 343. The molecule has 0 aromatic rings. The third kappa shape index (κ3) is 1.37. The van der Waals surface area contributed by atoms with Crippen molar-refractivity contribution in [3.8, 4) is 0 Å². The molecule has 0 aromatic heterocycles. The summed E-state index contributed by atoms with van der Waals surface area (Å²) < 4.78 is 0. The first-order valence-electron chi connectivity index (χ1n) is 4.47. The zero-order valence-corrected chi connectivity index (χ0v) is 8.52. The Balaban J connectivity index is 3.29. The number of carbonyl (C=O) groups excluding carboxylic acids is 2. The smallest absolute Gasteiger partial charge is 0.185 e. The van der Waals surface area contributed by atoms with Crippen LogP contribution in [0, 0.1) is 0 Å². The molecule has 0 aliphatic heterocycles. The summed E-state index contributed by atoms with van der Waals surface area (Å²) in [7, 11) is 0. The lowest BCUT2D eigenvalue weighted by Crippen LogP contribution is -2.20. The molecule has 0 saturated carbocycles. The van der Waals surface area contributed by atoms with Gasteiger partial charge in [0.2, 0.25) is 0 Å². The van der Waals surface area contributed by atoms with Gasteiger partial charge in [-0.15, -0.1) is 0 Å². The maximum Gasteiger partial charge on any atom is 0.185 e. The lowest BCUT2D eigenvalue weighted by Gasteiger charge is -2.17. The molecule has 13 heavy (non-hydrogen) atoms. The van der Waals surface area contributed by atoms with Crippen molar-refractivity contribution in [2.75, 3.05) is 0 Å². The minimum Gasteiger partial charge on any atom is -0.289 e. The first-order chi connectivity index (χ1) is 6.00. The largest absolute Gasteiger partial charge is 0.289 e. The van der Waals surface area contributed by atoms with Crippen molar-refractivity contribution in [3.05, 3.63) is 22.3 Å². The number of hydrogen-bond acceptors (Lipinski definition) is 2. The quantitative estimate of drug-likeness (QED) is 0.577. The molecule has 0 radical (unpaired) electrons. The van der Waals surface area contributed by atoms with Gasteiger partial charge in [-0.1, -0.05) is 6.92 Å². The van der Waals surface area contributed by atoms with Gasteiger partial charge in [-0.25, -0.2) is 0 Å². The van der Waals surface area contributed by atoms with Crippen LogP contribution in [0.4, 0.5) is 0 Å². The molecule has 0 atom stereocenters. The van der Waals surface area contributed by atoms with Gasteiger partial charge in [0.25, 0.3) is 0 Å². The highest BCUT2D eigenvalue weighted by Crippen LogP contribution is 2.25. The van der Waals surface area contributed by atoms with Crippen molar-refractivity contribution >= 4 is 11.6 Å². The Morgan fingerprint density at radius 3 is 1.77 bits per heavy atom. The van der Waals surface area contributed by atoms with E-state index in [9.17, 15) is 9.59 Å². The summed E-state index contributed by atoms with van der Waals surface area (Å²) in [4.78, 5) is 23.2. The Kier molecular flexibility index (Phi) is 2.50. The second kappa shape index (κ2) is 3.29. The summed E-state index contributed by atoms with van der Waals surface area (Å²) in [5.41, 5.74) is 2.50. The average Bonchev–Trinajstić information content (AvgIpc) is 2.13. The molecular formula is C11H14O2. The average molecular weight is 178 g/mol. The lowest BCUT2D eigenvalue weighted by atomic mass is 9.85. The van der Waals surface area contributed by atoms with Crippen molar-refractivity contribution in [2.24, 2.45) is 0 Å². The van der Waals surface area contributed by atoms with Crippen molar-refractivity contribution < 1.29 is 9.59 Å². The predicted molar refractivity (Wildman–Crippen MR) is 51.4 cm³/mol. The van der Waals surface area contributed by atoms with E-state index in [-0.39, 0.29) is 11.6 Å². The summed E-state index contributed by atoms with van der Waals surface area (Å²) in [5.74, 6) is 0.0612. The molecule has 1 rings (SSSR count). The van der Waals surface area contributed by atoms with Crippen LogP contribution in [0.15, 0.2) is 22.3 Å². The number of allylic oxidation sites excluding steroid dienone is 4. The van der Waals surface area contributed by atoms with Crippen LogP contribution in [0.1, 0.15) is 34.1 Å². The Hall–Kier alpha value is -1.18. The van der Waals surface area contributed by atoms with Crippen molar-refractivity contribution in [3.63, 3.8) is 0 Å². The molecule has 1 aliphatic rings. The minimum absolute atomic E-state index is 0.0222. The topological polar surface area (TPSA) is 34.1 Å². The highest BCUT2D eigenvalue weighted by molar-refractivity contribution is 6.24. The predicted octanol–water partition coefficient (Wildman–Crippen LogP) is 2.20. The van der Waals surface area contributed by atoms with Gasteiger partial charge in [0.15, 0.2) is 11.6 Å². The standard InChI is InChI=1S/C11H14O2/c1-5-9-8(4)10(12)6(2)7(3)11(9)13/h5H2,1-4H3. The number of carbonyl (C=O) groups is 2.